The highest BCUT2D eigenvalue weighted by Crippen LogP contribution is 2.27. The Bertz CT molecular complexity index is 786. The lowest BCUT2D eigenvalue weighted by Crippen LogP contribution is -2.44. The van der Waals surface area contributed by atoms with Gasteiger partial charge in [-0.25, -0.2) is 9.79 Å². The van der Waals surface area contributed by atoms with Crippen LogP contribution < -0.4 is 5.32 Å². The fourth-order valence-corrected chi connectivity index (χ4v) is 4.22. The summed E-state index contributed by atoms with van der Waals surface area (Å²) < 4.78 is 10.0. The van der Waals surface area contributed by atoms with Gasteiger partial charge in [0.05, 0.1) is 13.2 Å². The lowest BCUT2D eigenvalue weighted by Gasteiger charge is -2.22. The molecule has 3 rings (SSSR count). The van der Waals surface area contributed by atoms with Crippen molar-refractivity contribution in [2.45, 2.75) is 69.9 Å². The predicted octanol–water partition coefficient (Wildman–Crippen LogP) is 3.00. The first-order valence-electron chi connectivity index (χ1n) is 11.2. The first-order valence-corrected chi connectivity index (χ1v) is 11.2. The van der Waals surface area contributed by atoms with Crippen molar-refractivity contribution in [1.29, 1.82) is 0 Å². The van der Waals surface area contributed by atoms with Crippen LogP contribution in [0.2, 0.25) is 0 Å². The SMILES string of the molecule is COC(=O)[C@@H]1COC(C(=O)[C@H](CCc2ccccc2)NC(=O)CCC2CCCCC2)=N1. The Kier molecular flexibility index (Phi) is 8.62. The topological polar surface area (TPSA) is 94.1 Å². The Morgan fingerprint density at radius 2 is 1.90 bits per heavy atom. The molecule has 1 aliphatic carbocycles. The molecule has 1 fully saturated rings. The van der Waals surface area contributed by atoms with Crippen LogP contribution in [0.3, 0.4) is 0 Å². The average Bonchev–Trinajstić information content (AvgIpc) is 3.31. The normalized spacial score (nSPS) is 19.8. The third-order valence-electron chi connectivity index (χ3n) is 6.06. The van der Waals surface area contributed by atoms with E-state index in [9.17, 15) is 14.4 Å². The largest absolute Gasteiger partial charge is 0.472 e. The van der Waals surface area contributed by atoms with Crippen molar-refractivity contribution in [3.8, 4) is 0 Å². The number of carbonyl (C=O) groups excluding carboxylic acids is 3. The minimum Gasteiger partial charge on any atom is -0.472 e. The molecule has 168 valence electrons. The summed E-state index contributed by atoms with van der Waals surface area (Å²) in [6.07, 6.45) is 8.47. The maximum atomic E-state index is 13.0. The van der Waals surface area contributed by atoms with Crippen LogP contribution in [0.15, 0.2) is 35.3 Å². The van der Waals surface area contributed by atoms with E-state index < -0.39 is 23.8 Å². The second kappa shape index (κ2) is 11.6. The molecule has 31 heavy (non-hydrogen) atoms. The van der Waals surface area contributed by atoms with E-state index in [0.717, 1.165) is 12.0 Å². The number of esters is 1. The zero-order chi connectivity index (χ0) is 22.1. The molecule has 0 spiro atoms. The smallest absolute Gasteiger partial charge is 0.334 e. The van der Waals surface area contributed by atoms with Crippen LogP contribution in [-0.4, -0.2) is 49.4 Å². The molecule has 1 N–H and O–H groups in total. The minimum atomic E-state index is -0.833. The van der Waals surface area contributed by atoms with Crippen LogP contribution >= 0.6 is 0 Å². The number of Topliss-reactive ketones (excluding diaryl/α,β-unsaturated/α-hetero) is 1. The molecule has 1 saturated carbocycles. The summed E-state index contributed by atoms with van der Waals surface area (Å²) in [6, 6.07) is 8.23. The van der Waals surface area contributed by atoms with Crippen molar-refractivity contribution in [3.05, 3.63) is 35.9 Å². The molecule has 1 aromatic rings. The van der Waals surface area contributed by atoms with E-state index in [-0.39, 0.29) is 18.4 Å². The van der Waals surface area contributed by atoms with Gasteiger partial charge in [0.2, 0.25) is 11.7 Å². The van der Waals surface area contributed by atoms with Crippen LogP contribution in [0.1, 0.15) is 56.9 Å². The quantitative estimate of drug-likeness (QED) is 0.578. The molecule has 1 heterocycles. The van der Waals surface area contributed by atoms with Crippen molar-refractivity contribution >= 4 is 23.6 Å². The number of methoxy groups -OCH3 is 1. The number of rotatable bonds is 10. The summed E-state index contributed by atoms with van der Waals surface area (Å²) in [7, 11) is 1.27. The standard InChI is InChI=1S/C24H32N2O5/c1-30-24(29)20-16-31-23(26-20)22(28)19(14-12-17-8-4-2-5-9-17)25-21(27)15-13-18-10-6-3-7-11-18/h2,4-5,8-9,18-20H,3,6-7,10-16H2,1H3,(H,25,27)/t19-,20-/m0/s1. The fraction of sp³-hybridized carbons (Fsp3) is 0.583. The van der Waals surface area contributed by atoms with Gasteiger partial charge in [0, 0.05) is 6.42 Å². The molecule has 2 aliphatic rings. The fourth-order valence-electron chi connectivity index (χ4n) is 4.22. The molecule has 1 amide bonds. The van der Waals surface area contributed by atoms with E-state index in [4.69, 9.17) is 4.74 Å². The molecule has 0 unspecified atom stereocenters. The summed E-state index contributed by atoms with van der Waals surface area (Å²) in [6.45, 7) is -0.0191. The highest BCUT2D eigenvalue weighted by molar-refractivity contribution is 6.39. The molecular formula is C24H32N2O5. The van der Waals surface area contributed by atoms with Crippen molar-refractivity contribution in [2.24, 2.45) is 10.9 Å². The number of hydrogen-bond donors (Lipinski definition) is 1. The molecule has 0 aromatic heterocycles. The summed E-state index contributed by atoms with van der Waals surface area (Å²) in [4.78, 5) is 41.4. The molecule has 2 atom stereocenters. The van der Waals surface area contributed by atoms with E-state index in [1.807, 2.05) is 30.3 Å². The number of ether oxygens (including phenoxy) is 2. The zero-order valence-corrected chi connectivity index (χ0v) is 18.2. The Balaban J connectivity index is 1.61. The van der Waals surface area contributed by atoms with Gasteiger partial charge in [-0.1, -0.05) is 62.4 Å². The highest BCUT2D eigenvalue weighted by Gasteiger charge is 2.34. The summed E-state index contributed by atoms with van der Waals surface area (Å²) in [5.41, 5.74) is 1.08. The number of benzene rings is 1. The third kappa shape index (κ3) is 6.91. The Morgan fingerprint density at radius 3 is 2.61 bits per heavy atom. The van der Waals surface area contributed by atoms with Gasteiger partial charge in [-0.05, 0) is 30.7 Å². The van der Waals surface area contributed by atoms with Crippen LogP contribution in [0, 0.1) is 5.92 Å². The molecule has 1 aliphatic heterocycles. The number of nitrogens with one attached hydrogen (secondary N) is 1. The van der Waals surface area contributed by atoms with E-state index >= 15 is 0 Å². The summed E-state index contributed by atoms with van der Waals surface area (Å²) in [5, 5.41) is 2.90. The lowest BCUT2D eigenvalue weighted by molar-refractivity contribution is -0.142. The van der Waals surface area contributed by atoms with E-state index in [1.54, 1.807) is 0 Å². The number of hydrogen-bond acceptors (Lipinski definition) is 6. The number of carbonyl (C=O) groups is 3. The molecule has 7 heteroatoms. The highest BCUT2D eigenvalue weighted by atomic mass is 16.5. The van der Waals surface area contributed by atoms with Gasteiger partial charge in [0.25, 0.3) is 5.90 Å². The molecule has 0 saturated heterocycles. The maximum absolute atomic E-state index is 13.0. The second-order valence-corrected chi connectivity index (χ2v) is 8.34. The van der Waals surface area contributed by atoms with Gasteiger partial charge in [-0.3, -0.25) is 9.59 Å². The van der Waals surface area contributed by atoms with Crippen LogP contribution in [0.4, 0.5) is 0 Å². The summed E-state index contributed by atoms with van der Waals surface area (Å²) in [5.74, 6) is -0.573. The van der Waals surface area contributed by atoms with E-state index in [1.165, 1.54) is 39.2 Å². The maximum Gasteiger partial charge on any atom is 0.334 e. The minimum absolute atomic E-state index is 0.0191. The monoisotopic (exact) mass is 428 g/mol. The predicted molar refractivity (Wildman–Crippen MR) is 117 cm³/mol. The number of nitrogens with zero attached hydrogens (tertiary/aromatic N) is 1. The molecule has 0 bridgehead atoms. The second-order valence-electron chi connectivity index (χ2n) is 8.34. The number of aryl methyl sites for hydroxylation is 1. The molecule has 7 nitrogen and oxygen atoms in total. The summed E-state index contributed by atoms with van der Waals surface area (Å²) >= 11 is 0. The Labute approximate surface area is 183 Å². The van der Waals surface area contributed by atoms with Crippen molar-refractivity contribution in [3.63, 3.8) is 0 Å². The lowest BCUT2D eigenvalue weighted by atomic mass is 9.86. The van der Waals surface area contributed by atoms with Crippen LogP contribution in [0.25, 0.3) is 0 Å². The first kappa shape index (κ1) is 23.0. The molecule has 1 aromatic carbocycles. The number of amides is 1. The number of aliphatic imine (C=N–C) groups is 1. The van der Waals surface area contributed by atoms with Crippen LogP contribution in [-0.2, 0) is 30.3 Å². The van der Waals surface area contributed by atoms with Gasteiger partial charge >= 0.3 is 5.97 Å². The zero-order valence-electron chi connectivity index (χ0n) is 18.2. The van der Waals surface area contributed by atoms with Gasteiger partial charge in [0.1, 0.15) is 6.61 Å². The first-order chi connectivity index (χ1) is 15.1. The van der Waals surface area contributed by atoms with Crippen molar-refractivity contribution in [2.75, 3.05) is 13.7 Å². The van der Waals surface area contributed by atoms with Gasteiger partial charge in [-0.15, -0.1) is 0 Å². The van der Waals surface area contributed by atoms with Gasteiger partial charge < -0.3 is 14.8 Å². The number of ketones is 1. The molecule has 0 radical (unpaired) electrons. The molecular weight excluding hydrogens is 396 g/mol. The van der Waals surface area contributed by atoms with Crippen molar-refractivity contribution in [1.82, 2.24) is 5.32 Å². The van der Waals surface area contributed by atoms with Gasteiger partial charge in [0.15, 0.2) is 6.04 Å². The van der Waals surface area contributed by atoms with E-state index in [0.29, 0.717) is 25.2 Å². The third-order valence-corrected chi connectivity index (χ3v) is 6.06. The Morgan fingerprint density at radius 1 is 1.16 bits per heavy atom. The average molecular weight is 429 g/mol. The van der Waals surface area contributed by atoms with Crippen molar-refractivity contribution < 1.29 is 23.9 Å². The van der Waals surface area contributed by atoms with E-state index in [2.05, 4.69) is 15.0 Å². The Hall–Kier alpha value is -2.70. The van der Waals surface area contributed by atoms with Crippen LogP contribution in [0.5, 0.6) is 0 Å². The van der Waals surface area contributed by atoms with Gasteiger partial charge in [-0.2, -0.15) is 0 Å².